The van der Waals surface area contributed by atoms with Crippen molar-refractivity contribution in [2.24, 2.45) is 0 Å². The van der Waals surface area contributed by atoms with Crippen LogP contribution < -0.4 is 0 Å². The van der Waals surface area contributed by atoms with Crippen molar-refractivity contribution in [2.45, 2.75) is 11.3 Å². The average molecular weight is 275 g/mol. The van der Waals surface area contributed by atoms with E-state index in [1.807, 2.05) is 12.1 Å². The lowest BCUT2D eigenvalue weighted by molar-refractivity contribution is 0.477. The van der Waals surface area contributed by atoms with E-state index in [0.29, 0.717) is 5.39 Å². The van der Waals surface area contributed by atoms with Crippen LogP contribution in [0.5, 0.6) is 0 Å². The number of nitrogens with zero attached hydrogens (tertiary/aromatic N) is 3. The summed E-state index contributed by atoms with van der Waals surface area (Å²) in [5.74, 6) is 0. The molecule has 0 atom stereocenters. The minimum atomic E-state index is -3.58. The molecule has 0 unspecified atom stereocenters. The van der Waals surface area contributed by atoms with Gasteiger partial charge in [-0.25, -0.2) is 8.42 Å². The van der Waals surface area contributed by atoms with Crippen molar-refractivity contribution in [1.82, 2.24) is 9.29 Å². The largest absolute Gasteiger partial charge is 0.264 e. The Kier molecular flexibility index (Phi) is 3.79. The van der Waals surface area contributed by atoms with Gasteiger partial charge in [0.15, 0.2) is 0 Å². The van der Waals surface area contributed by atoms with Crippen molar-refractivity contribution in [3.63, 3.8) is 0 Å². The minimum Gasteiger partial charge on any atom is -0.264 e. The highest BCUT2D eigenvalue weighted by Crippen LogP contribution is 2.24. The van der Waals surface area contributed by atoms with E-state index in [-0.39, 0.29) is 17.9 Å². The first-order valence-corrected chi connectivity index (χ1v) is 7.17. The molecule has 0 aliphatic carbocycles. The molecule has 5 nitrogen and oxygen atoms in total. The standard InChI is InChI=1S/C13H13N3O2S/c1-16(9-3-7-14)19(17,18)13-5-2-4-11-10-15-8-6-12(11)13/h2,4-6,8,10H,3,9H2,1H3. The number of sulfonamides is 1. The van der Waals surface area contributed by atoms with Gasteiger partial charge in [-0.15, -0.1) is 0 Å². The number of nitriles is 1. The maximum atomic E-state index is 12.4. The monoisotopic (exact) mass is 275 g/mol. The quantitative estimate of drug-likeness (QED) is 0.852. The summed E-state index contributed by atoms with van der Waals surface area (Å²) in [4.78, 5) is 4.22. The second-order valence-electron chi connectivity index (χ2n) is 4.09. The molecule has 1 heterocycles. The Balaban J connectivity index is 2.52. The van der Waals surface area contributed by atoms with Gasteiger partial charge in [0.2, 0.25) is 10.0 Å². The van der Waals surface area contributed by atoms with Gasteiger partial charge >= 0.3 is 0 Å². The molecule has 0 aliphatic rings. The third-order valence-electron chi connectivity index (χ3n) is 2.87. The number of pyridine rings is 1. The van der Waals surface area contributed by atoms with E-state index in [1.54, 1.807) is 30.6 Å². The molecule has 0 N–H and O–H groups in total. The maximum absolute atomic E-state index is 12.4. The van der Waals surface area contributed by atoms with Gasteiger partial charge in [0.1, 0.15) is 0 Å². The number of benzene rings is 1. The van der Waals surface area contributed by atoms with Crippen LogP contribution in [-0.2, 0) is 10.0 Å². The van der Waals surface area contributed by atoms with Crippen LogP contribution in [0, 0.1) is 11.3 Å². The molecular formula is C13H13N3O2S. The van der Waals surface area contributed by atoms with Crippen molar-refractivity contribution < 1.29 is 8.42 Å². The lowest BCUT2D eigenvalue weighted by Crippen LogP contribution is -2.28. The second-order valence-corrected chi connectivity index (χ2v) is 6.10. The van der Waals surface area contributed by atoms with Crippen LogP contribution in [0.1, 0.15) is 6.42 Å². The molecule has 0 aliphatic heterocycles. The van der Waals surface area contributed by atoms with Crippen molar-refractivity contribution >= 4 is 20.8 Å². The highest BCUT2D eigenvalue weighted by atomic mass is 32.2. The van der Waals surface area contributed by atoms with Crippen LogP contribution in [0.3, 0.4) is 0 Å². The Bertz CT molecular complexity index is 730. The molecule has 0 saturated heterocycles. The molecule has 0 radical (unpaired) electrons. The van der Waals surface area contributed by atoms with E-state index in [2.05, 4.69) is 4.98 Å². The summed E-state index contributed by atoms with van der Waals surface area (Å²) >= 11 is 0. The zero-order valence-corrected chi connectivity index (χ0v) is 11.3. The summed E-state index contributed by atoms with van der Waals surface area (Å²) in [6, 6.07) is 8.70. The first-order valence-electron chi connectivity index (χ1n) is 5.73. The van der Waals surface area contributed by atoms with E-state index in [9.17, 15) is 8.42 Å². The fourth-order valence-electron chi connectivity index (χ4n) is 1.81. The fraction of sp³-hybridized carbons (Fsp3) is 0.231. The Hall–Kier alpha value is -1.97. The summed E-state index contributed by atoms with van der Waals surface area (Å²) in [7, 11) is -2.10. The zero-order chi connectivity index (χ0) is 13.9. The third kappa shape index (κ3) is 2.57. The maximum Gasteiger partial charge on any atom is 0.243 e. The van der Waals surface area contributed by atoms with Crippen LogP contribution in [-0.4, -0.2) is 31.3 Å². The van der Waals surface area contributed by atoms with Crippen molar-refractivity contribution in [1.29, 1.82) is 5.26 Å². The predicted octanol–water partition coefficient (Wildman–Crippen LogP) is 1.77. The normalized spacial score (nSPS) is 11.6. The molecule has 1 aromatic heterocycles. The topological polar surface area (TPSA) is 74.1 Å². The molecule has 0 fully saturated rings. The van der Waals surface area contributed by atoms with E-state index in [1.165, 1.54) is 11.4 Å². The van der Waals surface area contributed by atoms with Crippen molar-refractivity contribution in [2.75, 3.05) is 13.6 Å². The Morgan fingerprint density at radius 3 is 2.89 bits per heavy atom. The Morgan fingerprint density at radius 2 is 2.16 bits per heavy atom. The number of fused-ring (bicyclic) bond motifs is 1. The number of hydrogen-bond donors (Lipinski definition) is 0. The molecule has 0 saturated carbocycles. The van der Waals surface area contributed by atoms with E-state index < -0.39 is 10.0 Å². The summed E-state index contributed by atoms with van der Waals surface area (Å²) in [5.41, 5.74) is 0. The molecule has 2 aromatic rings. The summed E-state index contributed by atoms with van der Waals surface area (Å²) in [6.07, 6.45) is 3.36. The highest BCUT2D eigenvalue weighted by Gasteiger charge is 2.22. The lowest BCUT2D eigenvalue weighted by Gasteiger charge is -2.16. The van der Waals surface area contributed by atoms with Gasteiger partial charge in [-0.1, -0.05) is 12.1 Å². The fourth-order valence-corrected chi connectivity index (χ4v) is 3.20. The van der Waals surface area contributed by atoms with Crippen LogP contribution in [0.4, 0.5) is 0 Å². The van der Waals surface area contributed by atoms with Gasteiger partial charge in [0.25, 0.3) is 0 Å². The van der Waals surface area contributed by atoms with Crippen LogP contribution in [0.15, 0.2) is 41.6 Å². The number of aromatic nitrogens is 1. The van der Waals surface area contributed by atoms with Gasteiger partial charge in [-0.2, -0.15) is 9.57 Å². The van der Waals surface area contributed by atoms with Gasteiger partial charge in [0.05, 0.1) is 11.0 Å². The minimum absolute atomic E-state index is 0.169. The van der Waals surface area contributed by atoms with Gasteiger partial charge in [0, 0.05) is 43.2 Å². The highest BCUT2D eigenvalue weighted by molar-refractivity contribution is 7.89. The molecular weight excluding hydrogens is 262 g/mol. The molecule has 0 amide bonds. The lowest BCUT2D eigenvalue weighted by atomic mass is 10.2. The van der Waals surface area contributed by atoms with Gasteiger partial charge in [-0.05, 0) is 12.1 Å². The predicted molar refractivity (Wildman–Crippen MR) is 71.8 cm³/mol. The van der Waals surface area contributed by atoms with Gasteiger partial charge in [-0.3, -0.25) is 4.98 Å². The van der Waals surface area contributed by atoms with Crippen LogP contribution >= 0.6 is 0 Å². The SMILES string of the molecule is CN(CCC#N)S(=O)(=O)c1cccc2cnccc12. The van der Waals surface area contributed by atoms with Gasteiger partial charge < -0.3 is 0 Å². The van der Waals surface area contributed by atoms with Crippen molar-refractivity contribution in [3.8, 4) is 6.07 Å². The Labute approximate surface area is 112 Å². The number of rotatable bonds is 4. The summed E-state index contributed by atoms with van der Waals surface area (Å²) in [6.45, 7) is 0.181. The van der Waals surface area contributed by atoms with E-state index in [0.717, 1.165) is 5.39 Å². The molecule has 98 valence electrons. The summed E-state index contributed by atoms with van der Waals surface area (Å²) < 4.78 is 26.1. The van der Waals surface area contributed by atoms with Crippen molar-refractivity contribution in [3.05, 3.63) is 36.7 Å². The van der Waals surface area contributed by atoms with E-state index in [4.69, 9.17) is 5.26 Å². The average Bonchev–Trinajstić information content (AvgIpc) is 2.43. The molecule has 2 rings (SSSR count). The Morgan fingerprint density at radius 1 is 1.37 bits per heavy atom. The summed E-state index contributed by atoms with van der Waals surface area (Å²) in [5, 5.41) is 9.96. The molecule has 0 spiro atoms. The van der Waals surface area contributed by atoms with Crippen LogP contribution in [0.2, 0.25) is 0 Å². The molecule has 19 heavy (non-hydrogen) atoms. The first kappa shape index (κ1) is 13.5. The van der Waals surface area contributed by atoms with E-state index >= 15 is 0 Å². The smallest absolute Gasteiger partial charge is 0.243 e. The zero-order valence-electron chi connectivity index (χ0n) is 10.4. The van der Waals surface area contributed by atoms with Crippen LogP contribution in [0.25, 0.3) is 10.8 Å². The second kappa shape index (κ2) is 5.34. The molecule has 6 heteroatoms. The molecule has 0 bridgehead atoms. The number of hydrogen-bond acceptors (Lipinski definition) is 4. The third-order valence-corrected chi connectivity index (χ3v) is 4.78. The molecule has 1 aromatic carbocycles. The first-order chi connectivity index (χ1) is 9.07.